The van der Waals surface area contributed by atoms with Crippen molar-refractivity contribution in [2.75, 3.05) is 31.5 Å². The van der Waals surface area contributed by atoms with Crippen LogP contribution in [0.25, 0.3) is 11.3 Å². The number of urea groups is 1. The number of hydrogen-bond acceptors (Lipinski definition) is 6. The zero-order valence-corrected chi connectivity index (χ0v) is 25.5. The predicted octanol–water partition coefficient (Wildman–Crippen LogP) is 3.61. The third-order valence-corrected chi connectivity index (χ3v) is 7.95. The fraction of sp³-hybridized carbons (Fsp3) is 0.444. The van der Waals surface area contributed by atoms with E-state index in [-0.39, 0.29) is 76.3 Å². The number of hydrogen-bond donors (Lipinski definition) is 3. The molecule has 2 aliphatic rings. The van der Waals surface area contributed by atoms with Crippen LogP contribution >= 0.6 is 24.0 Å². The van der Waals surface area contributed by atoms with Crippen LogP contribution in [-0.4, -0.2) is 85.2 Å². The van der Waals surface area contributed by atoms with Crippen molar-refractivity contribution in [1.82, 2.24) is 34.4 Å². The lowest BCUT2D eigenvalue weighted by Crippen LogP contribution is -2.57. The smallest absolute Gasteiger partial charge is 0.335 e. The molecule has 5 rings (SSSR count). The lowest BCUT2D eigenvalue weighted by molar-refractivity contribution is -0.141. The normalized spacial score (nSPS) is 18.3. The van der Waals surface area contributed by atoms with Gasteiger partial charge >= 0.3 is 12.2 Å². The van der Waals surface area contributed by atoms with Gasteiger partial charge in [0, 0.05) is 63.7 Å². The lowest BCUT2D eigenvalue weighted by atomic mass is 9.88. The van der Waals surface area contributed by atoms with Gasteiger partial charge < -0.3 is 30.7 Å². The molecule has 0 atom stereocenters. The molecule has 1 aliphatic heterocycles. The Morgan fingerprint density at radius 3 is 2.36 bits per heavy atom. The standard InChI is InChI=1S/C27H31ClF3N9O3.ClH/c1-3-40-14-19(22(36-40)27(29,30)31)21-13-33-23(37(21)2)24(41)34-16-4-5-18(20(28)12-16)25(42)38-6-8-39(9-7-38)26(43)35-17-10-15(32)11-17;/h4-5,12-15,17H,3,6-11,32H2,1-2H3,(H,34,41)(H,35,43);1H/t15-,17+;. The SMILES string of the molecule is CCn1cc(-c2cnc(C(=O)Nc3ccc(C(=O)N4CCN(C(=O)N[C@H]5C[C@@H](N)C5)CC4)c(Cl)c3)n2C)c(C(F)(F)F)n1.Cl. The molecule has 1 saturated heterocycles. The molecule has 0 unspecified atom stereocenters. The molecule has 2 aromatic heterocycles. The van der Waals surface area contributed by atoms with E-state index in [9.17, 15) is 27.6 Å². The van der Waals surface area contributed by atoms with Gasteiger partial charge in [-0.05, 0) is 38.0 Å². The number of nitrogens with two attached hydrogens (primary N) is 1. The fourth-order valence-electron chi connectivity index (χ4n) is 5.13. The van der Waals surface area contributed by atoms with E-state index in [1.54, 1.807) is 16.7 Å². The van der Waals surface area contributed by atoms with Gasteiger partial charge in [-0.3, -0.25) is 14.3 Å². The number of imidazole rings is 1. The minimum atomic E-state index is -4.69. The molecule has 1 aromatic carbocycles. The van der Waals surface area contributed by atoms with E-state index in [1.807, 2.05) is 0 Å². The van der Waals surface area contributed by atoms with Gasteiger partial charge in [0.2, 0.25) is 0 Å². The summed E-state index contributed by atoms with van der Waals surface area (Å²) in [7, 11) is 1.43. The number of rotatable bonds is 6. The van der Waals surface area contributed by atoms with Gasteiger partial charge in [0.25, 0.3) is 11.8 Å². The van der Waals surface area contributed by atoms with Crippen molar-refractivity contribution in [2.24, 2.45) is 12.8 Å². The van der Waals surface area contributed by atoms with E-state index < -0.39 is 17.8 Å². The number of nitrogens with zero attached hydrogens (tertiary/aromatic N) is 6. The highest BCUT2D eigenvalue weighted by molar-refractivity contribution is 6.34. The number of amides is 4. The predicted molar refractivity (Wildman–Crippen MR) is 159 cm³/mol. The quantitative estimate of drug-likeness (QED) is 0.370. The number of carbonyl (C=O) groups is 3. The van der Waals surface area contributed by atoms with E-state index >= 15 is 0 Å². The molecule has 44 heavy (non-hydrogen) atoms. The maximum atomic E-state index is 13.6. The van der Waals surface area contributed by atoms with Gasteiger partial charge in [0.15, 0.2) is 11.5 Å². The Morgan fingerprint density at radius 2 is 1.77 bits per heavy atom. The number of alkyl halides is 3. The number of halogens is 5. The molecule has 238 valence electrons. The molecule has 0 spiro atoms. The number of nitrogens with one attached hydrogen (secondary N) is 2. The van der Waals surface area contributed by atoms with Crippen LogP contribution in [0, 0.1) is 0 Å². The number of benzene rings is 1. The number of anilines is 1. The second-order valence-electron chi connectivity index (χ2n) is 10.6. The van der Waals surface area contributed by atoms with Crippen molar-refractivity contribution in [2.45, 2.75) is 44.6 Å². The molecule has 3 heterocycles. The average molecular weight is 659 g/mol. The maximum Gasteiger partial charge on any atom is 0.435 e. The first-order valence-electron chi connectivity index (χ1n) is 13.7. The summed E-state index contributed by atoms with van der Waals surface area (Å²) in [6.45, 7) is 3.31. The number of aromatic nitrogens is 4. The van der Waals surface area contributed by atoms with Gasteiger partial charge in [-0.25, -0.2) is 9.78 Å². The molecule has 3 aromatic rings. The first-order valence-corrected chi connectivity index (χ1v) is 14.1. The summed E-state index contributed by atoms with van der Waals surface area (Å²) in [4.78, 5) is 45.9. The van der Waals surface area contributed by atoms with Crippen molar-refractivity contribution < 1.29 is 27.6 Å². The van der Waals surface area contributed by atoms with E-state index in [1.165, 1.54) is 46.9 Å². The fourth-order valence-corrected chi connectivity index (χ4v) is 5.39. The summed E-state index contributed by atoms with van der Waals surface area (Å²) in [6.07, 6.45) is -0.725. The second kappa shape index (κ2) is 13.0. The molecule has 17 heteroatoms. The van der Waals surface area contributed by atoms with Crippen molar-refractivity contribution in [3.05, 3.63) is 52.7 Å². The van der Waals surface area contributed by atoms with Crippen molar-refractivity contribution in [3.8, 4) is 11.3 Å². The van der Waals surface area contributed by atoms with Gasteiger partial charge in [-0.1, -0.05) is 11.6 Å². The molecule has 12 nitrogen and oxygen atoms in total. The van der Waals surface area contributed by atoms with E-state index in [4.69, 9.17) is 17.3 Å². The van der Waals surface area contributed by atoms with Crippen molar-refractivity contribution in [3.63, 3.8) is 0 Å². The molecular formula is C27H32Cl2F3N9O3. The molecule has 4 N–H and O–H groups in total. The zero-order valence-electron chi connectivity index (χ0n) is 23.9. The van der Waals surface area contributed by atoms with Crippen molar-refractivity contribution >= 4 is 47.5 Å². The Kier molecular flexibility index (Phi) is 9.80. The van der Waals surface area contributed by atoms with Gasteiger partial charge in [-0.15, -0.1) is 12.4 Å². The summed E-state index contributed by atoms with van der Waals surface area (Å²) < 4.78 is 43.2. The first kappa shape index (κ1) is 33.1. The summed E-state index contributed by atoms with van der Waals surface area (Å²) in [5, 5.41) is 9.29. The minimum Gasteiger partial charge on any atom is -0.335 e. The summed E-state index contributed by atoms with van der Waals surface area (Å²) in [5.74, 6) is -1.13. The summed E-state index contributed by atoms with van der Waals surface area (Å²) in [5.41, 5.74) is 5.07. The molecule has 0 bridgehead atoms. The summed E-state index contributed by atoms with van der Waals surface area (Å²) >= 11 is 6.41. The molecular weight excluding hydrogens is 626 g/mol. The molecule has 4 amide bonds. The molecule has 1 saturated carbocycles. The topological polar surface area (TPSA) is 143 Å². The molecule has 0 radical (unpaired) electrons. The van der Waals surface area contributed by atoms with E-state index in [0.717, 1.165) is 12.8 Å². The number of carbonyl (C=O) groups excluding carboxylic acids is 3. The van der Waals surface area contributed by atoms with Crippen LogP contribution in [0.2, 0.25) is 5.02 Å². The van der Waals surface area contributed by atoms with Gasteiger partial charge in [0.1, 0.15) is 0 Å². The monoisotopic (exact) mass is 657 g/mol. The van der Waals surface area contributed by atoms with Crippen LogP contribution in [0.15, 0.2) is 30.6 Å². The average Bonchev–Trinajstić information content (AvgIpc) is 3.55. The first-order chi connectivity index (χ1) is 20.3. The Morgan fingerprint density at radius 1 is 1.11 bits per heavy atom. The minimum absolute atomic E-state index is 0. The molecule has 1 aliphatic carbocycles. The highest BCUT2D eigenvalue weighted by Crippen LogP contribution is 2.36. The van der Waals surface area contributed by atoms with Crippen LogP contribution in [0.1, 0.15) is 46.4 Å². The Balaban J connectivity index is 0.00000442. The largest absolute Gasteiger partial charge is 0.435 e. The Bertz CT molecular complexity index is 1540. The van der Waals surface area contributed by atoms with Crippen molar-refractivity contribution in [1.29, 1.82) is 0 Å². The summed E-state index contributed by atoms with van der Waals surface area (Å²) in [6, 6.07) is 4.45. The lowest BCUT2D eigenvalue weighted by Gasteiger charge is -2.38. The van der Waals surface area contributed by atoms with Gasteiger partial charge in [-0.2, -0.15) is 18.3 Å². The van der Waals surface area contributed by atoms with Crippen LogP contribution in [0.3, 0.4) is 0 Å². The second-order valence-corrected chi connectivity index (χ2v) is 11.0. The Hall–Kier alpha value is -3.82. The number of piperazine rings is 1. The van der Waals surface area contributed by atoms with Crippen LogP contribution in [-0.2, 0) is 19.8 Å². The zero-order chi connectivity index (χ0) is 31.1. The van der Waals surface area contributed by atoms with E-state index in [2.05, 4.69) is 20.7 Å². The van der Waals surface area contributed by atoms with Gasteiger partial charge in [0.05, 0.1) is 28.0 Å². The van der Waals surface area contributed by atoms with E-state index in [0.29, 0.717) is 26.2 Å². The third kappa shape index (κ3) is 6.79. The maximum absolute atomic E-state index is 13.6. The number of aryl methyl sites for hydroxylation is 1. The Labute approximate surface area is 262 Å². The molecule has 2 fully saturated rings. The highest BCUT2D eigenvalue weighted by Gasteiger charge is 2.38. The third-order valence-electron chi connectivity index (χ3n) is 7.64. The highest BCUT2D eigenvalue weighted by atomic mass is 35.5. The van der Waals surface area contributed by atoms with Crippen LogP contribution in [0.5, 0.6) is 0 Å². The van der Waals surface area contributed by atoms with Crippen LogP contribution in [0.4, 0.5) is 23.7 Å². The van der Waals surface area contributed by atoms with Crippen LogP contribution < -0.4 is 16.4 Å².